The molecule has 0 spiro atoms. The average Bonchev–Trinajstić information content (AvgIpc) is 3.07. The minimum atomic E-state index is -0.627. The van der Waals surface area contributed by atoms with Gasteiger partial charge in [0.25, 0.3) is 5.56 Å². The molecule has 29 heavy (non-hydrogen) atoms. The summed E-state index contributed by atoms with van der Waals surface area (Å²) in [4.78, 5) is 29.3. The number of fused-ring (bicyclic) bond motifs is 2. The molecule has 1 aliphatic rings. The van der Waals surface area contributed by atoms with Crippen molar-refractivity contribution in [3.05, 3.63) is 63.1 Å². The summed E-state index contributed by atoms with van der Waals surface area (Å²) in [5.41, 5.74) is 2.31. The average molecular weight is 396 g/mol. The molecule has 1 atom stereocenters. The van der Waals surface area contributed by atoms with Gasteiger partial charge in [0.2, 0.25) is 5.88 Å². The Morgan fingerprint density at radius 3 is 2.66 bits per heavy atom. The number of aromatic hydroxyl groups is 1. The Kier molecular flexibility index (Phi) is 4.37. The van der Waals surface area contributed by atoms with Gasteiger partial charge >= 0.3 is 6.09 Å². The molecular weight excluding hydrogens is 372 g/mol. The van der Waals surface area contributed by atoms with Crippen LogP contribution in [0.2, 0.25) is 0 Å². The van der Waals surface area contributed by atoms with E-state index in [0.29, 0.717) is 24.3 Å². The van der Waals surface area contributed by atoms with E-state index in [-0.39, 0.29) is 23.0 Å². The number of benzene rings is 1. The third-order valence-corrected chi connectivity index (χ3v) is 5.06. The van der Waals surface area contributed by atoms with Crippen LogP contribution in [0.5, 0.6) is 5.88 Å². The molecule has 0 saturated carbocycles. The molecule has 1 aliphatic heterocycles. The van der Waals surface area contributed by atoms with E-state index < -0.39 is 11.7 Å². The second-order valence-electron chi connectivity index (χ2n) is 8.37. The second-order valence-corrected chi connectivity index (χ2v) is 8.37. The van der Waals surface area contributed by atoms with Crippen LogP contribution >= 0.6 is 0 Å². The van der Waals surface area contributed by atoms with E-state index in [9.17, 15) is 14.7 Å². The third-order valence-electron chi connectivity index (χ3n) is 5.06. The zero-order valence-electron chi connectivity index (χ0n) is 16.9. The number of aromatic amines is 1. The maximum Gasteiger partial charge on any atom is 0.411 e. The van der Waals surface area contributed by atoms with Gasteiger partial charge in [-0.15, -0.1) is 0 Å². The lowest BCUT2D eigenvalue weighted by atomic mass is 9.92. The smallest absolute Gasteiger partial charge is 0.411 e. The van der Waals surface area contributed by atoms with E-state index in [2.05, 4.69) is 10.1 Å². The van der Waals surface area contributed by atoms with Crippen molar-refractivity contribution in [2.75, 3.05) is 0 Å². The van der Waals surface area contributed by atoms with Crippen LogP contribution < -0.4 is 5.56 Å². The molecule has 2 N–H and O–H groups in total. The van der Waals surface area contributed by atoms with Gasteiger partial charge in [-0.3, -0.25) is 9.69 Å². The predicted molar refractivity (Wildman–Crippen MR) is 107 cm³/mol. The van der Waals surface area contributed by atoms with Crippen molar-refractivity contribution in [1.82, 2.24) is 19.5 Å². The first-order valence-corrected chi connectivity index (χ1v) is 9.52. The molecule has 1 amide bonds. The van der Waals surface area contributed by atoms with Gasteiger partial charge < -0.3 is 14.8 Å². The molecule has 0 bridgehead atoms. The minimum Gasteiger partial charge on any atom is -0.493 e. The molecule has 0 radical (unpaired) electrons. The van der Waals surface area contributed by atoms with Crippen LogP contribution in [0.4, 0.5) is 4.79 Å². The molecule has 4 rings (SSSR count). The highest BCUT2D eigenvalue weighted by molar-refractivity contribution is 5.69. The number of carbonyl (C=O) groups is 1. The summed E-state index contributed by atoms with van der Waals surface area (Å²) in [7, 11) is 0. The standard InChI is InChI=1S/C21H24N4O4/c1-12-18(26)22-17-10-15(23-25(17)19(12)27)16-9-13-7-5-6-8-14(13)11-24(16)20(28)29-21(2,3)4/h5-8,10,16,27H,9,11H2,1-4H3,(H,22,26). The van der Waals surface area contributed by atoms with E-state index in [1.54, 1.807) is 11.0 Å². The molecule has 2 aromatic heterocycles. The summed E-state index contributed by atoms with van der Waals surface area (Å²) < 4.78 is 6.92. The van der Waals surface area contributed by atoms with E-state index in [0.717, 1.165) is 11.1 Å². The molecule has 0 saturated heterocycles. The van der Waals surface area contributed by atoms with Crippen LogP contribution in [0, 0.1) is 6.92 Å². The molecule has 8 nitrogen and oxygen atoms in total. The van der Waals surface area contributed by atoms with Crippen molar-refractivity contribution >= 4 is 11.7 Å². The van der Waals surface area contributed by atoms with Gasteiger partial charge in [0.05, 0.1) is 17.3 Å². The van der Waals surface area contributed by atoms with Crippen molar-refractivity contribution in [1.29, 1.82) is 0 Å². The van der Waals surface area contributed by atoms with Gasteiger partial charge in [-0.2, -0.15) is 9.61 Å². The third kappa shape index (κ3) is 3.46. The van der Waals surface area contributed by atoms with Gasteiger partial charge in [0.15, 0.2) is 0 Å². The lowest BCUT2D eigenvalue weighted by molar-refractivity contribution is 0.0111. The van der Waals surface area contributed by atoms with Crippen LogP contribution in [0.15, 0.2) is 35.1 Å². The molecular formula is C21H24N4O4. The zero-order chi connectivity index (χ0) is 20.9. The number of hydrogen-bond donors (Lipinski definition) is 2. The maximum atomic E-state index is 13.0. The Bertz CT molecular complexity index is 1160. The Balaban J connectivity index is 1.80. The van der Waals surface area contributed by atoms with Gasteiger partial charge in [-0.25, -0.2) is 4.79 Å². The summed E-state index contributed by atoms with van der Waals surface area (Å²) >= 11 is 0. The van der Waals surface area contributed by atoms with E-state index in [1.165, 1.54) is 11.4 Å². The number of nitrogens with one attached hydrogen (secondary N) is 1. The molecule has 1 unspecified atom stereocenters. The van der Waals surface area contributed by atoms with Crippen molar-refractivity contribution in [2.45, 2.75) is 52.3 Å². The van der Waals surface area contributed by atoms with E-state index >= 15 is 0 Å². The van der Waals surface area contributed by atoms with Crippen molar-refractivity contribution in [2.24, 2.45) is 0 Å². The number of hydrogen-bond acceptors (Lipinski definition) is 5. The second kappa shape index (κ2) is 6.65. The Morgan fingerprint density at radius 1 is 1.28 bits per heavy atom. The number of amides is 1. The summed E-state index contributed by atoms with van der Waals surface area (Å²) in [6.07, 6.45) is 0.131. The minimum absolute atomic E-state index is 0.185. The van der Waals surface area contributed by atoms with Crippen LogP contribution in [-0.4, -0.2) is 36.3 Å². The highest BCUT2D eigenvalue weighted by Gasteiger charge is 2.35. The van der Waals surface area contributed by atoms with Crippen LogP contribution in [0.25, 0.3) is 5.65 Å². The Hall–Kier alpha value is -3.29. The number of H-pyrrole nitrogens is 1. The van der Waals surface area contributed by atoms with Crippen molar-refractivity contribution in [3.63, 3.8) is 0 Å². The number of ether oxygens (including phenoxy) is 1. The van der Waals surface area contributed by atoms with E-state index in [4.69, 9.17) is 4.74 Å². The van der Waals surface area contributed by atoms with Crippen LogP contribution in [0.1, 0.15) is 49.2 Å². The maximum absolute atomic E-state index is 13.0. The van der Waals surface area contributed by atoms with Gasteiger partial charge in [-0.05, 0) is 45.2 Å². The number of nitrogens with zero attached hydrogens (tertiary/aromatic N) is 3. The number of rotatable bonds is 1. The lowest BCUT2D eigenvalue weighted by Gasteiger charge is -2.37. The zero-order valence-corrected chi connectivity index (χ0v) is 16.9. The molecule has 3 aromatic rings. The van der Waals surface area contributed by atoms with Crippen molar-refractivity contribution in [3.8, 4) is 5.88 Å². The van der Waals surface area contributed by atoms with Gasteiger partial charge in [0.1, 0.15) is 11.2 Å². The summed E-state index contributed by atoms with van der Waals surface area (Å²) in [5.74, 6) is -0.213. The van der Waals surface area contributed by atoms with Gasteiger partial charge in [0, 0.05) is 12.6 Å². The first-order chi connectivity index (χ1) is 13.6. The fraction of sp³-hybridized carbons (Fsp3) is 0.381. The SMILES string of the molecule is Cc1c(O)n2nc(C3Cc4ccccc4CN3C(=O)OC(C)(C)C)cc2[nH]c1=O. The quantitative estimate of drug-likeness (QED) is 0.658. The highest BCUT2D eigenvalue weighted by Crippen LogP contribution is 2.34. The topological polar surface area (TPSA) is 99.9 Å². The highest BCUT2D eigenvalue weighted by atomic mass is 16.6. The Labute approximate surface area is 167 Å². The molecule has 8 heteroatoms. The largest absolute Gasteiger partial charge is 0.493 e. The summed E-state index contributed by atoms with van der Waals surface area (Å²) in [6.45, 7) is 7.40. The molecule has 0 fully saturated rings. The first-order valence-electron chi connectivity index (χ1n) is 9.52. The monoisotopic (exact) mass is 396 g/mol. The molecule has 0 aliphatic carbocycles. The number of aromatic nitrogens is 3. The Morgan fingerprint density at radius 2 is 1.97 bits per heavy atom. The first kappa shape index (κ1) is 19.0. The predicted octanol–water partition coefficient (Wildman–Crippen LogP) is 3.07. The summed E-state index contributed by atoms with van der Waals surface area (Å²) in [6, 6.07) is 9.25. The van der Waals surface area contributed by atoms with Crippen LogP contribution in [0.3, 0.4) is 0 Å². The fourth-order valence-corrected chi connectivity index (χ4v) is 3.58. The van der Waals surface area contributed by atoms with Crippen molar-refractivity contribution < 1.29 is 14.6 Å². The lowest BCUT2D eigenvalue weighted by Crippen LogP contribution is -2.42. The summed E-state index contributed by atoms with van der Waals surface area (Å²) in [5, 5.41) is 14.8. The van der Waals surface area contributed by atoms with Crippen LogP contribution in [-0.2, 0) is 17.7 Å². The van der Waals surface area contributed by atoms with E-state index in [1.807, 2.05) is 45.0 Å². The molecule has 152 valence electrons. The van der Waals surface area contributed by atoms with Gasteiger partial charge in [-0.1, -0.05) is 24.3 Å². The fourth-order valence-electron chi connectivity index (χ4n) is 3.58. The number of carbonyl (C=O) groups excluding carboxylic acids is 1. The molecule has 3 heterocycles. The normalized spacial score (nSPS) is 16.7. The molecule has 1 aromatic carbocycles.